The summed E-state index contributed by atoms with van der Waals surface area (Å²) in [5.41, 5.74) is 0. The Labute approximate surface area is 93.8 Å². The number of halogens is 2. The van der Waals surface area contributed by atoms with Gasteiger partial charge in [-0.1, -0.05) is 25.4 Å². The van der Waals surface area contributed by atoms with Gasteiger partial charge in [-0.15, -0.1) is 0 Å². The van der Waals surface area contributed by atoms with E-state index >= 15 is 0 Å². The lowest BCUT2D eigenvalue weighted by Crippen LogP contribution is -2.35. The van der Waals surface area contributed by atoms with Crippen LogP contribution in [0.2, 0.25) is 0 Å². The predicted octanol–water partition coefficient (Wildman–Crippen LogP) is 1.64. The van der Waals surface area contributed by atoms with E-state index in [1.165, 1.54) is 0 Å². The van der Waals surface area contributed by atoms with E-state index < -0.39 is 33.6 Å². The maximum Gasteiger partial charge on any atom is 0.267 e. The van der Waals surface area contributed by atoms with E-state index in [1.807, 2.05) is 0 Å². The van der Waals surface area contributed by atoms with Crippen LogP contribution >= 0.6 is 11.6 Å². The highest BCUT2D eigenvalue weighted by molar-refractivity contribution is 7.86. The molecule has 0 aromatic carbocycles. The molecule has 1 unspecified atom stereocenters. The van der Waals surface area contributed by atoms with Gasteiger partial charge in [-0.05, 0) is 6.42 Å². The highest BCUT2D eigenvalue weighted by atomic mass is 35.5. The topological polar surface area (TPSA) is 52.6 Å². The zero-order valence-corrected chi connectivity index (χ0v) is 10.3. The van der Waals surface area contributed by atoms with Gasteiger partial charge in [0.2, 0.25) is 11.4 Å². The molecule has 1 rings (SSSR count). The minimum Gasteiger partial charge on any atom is -0.344 e. The van der Waals surface area contributed by atoms with Crippen LogP contribution in [0.1, 0.15) is 20.3 Å². The molecule has 0 spiro atoms. The second-order valence-corrected chi connectivity index (χ2v) is 5.86. The molecule has 4 atom stereocenters. The minimum absolute atomic E-state index is 0.431. The summed E-state index contributed by atoms with van der Waals surface area (Å²) in [5.74, 6) is -0.615. The van der Waals surface area contributed by atoms with E-state index in [0.29, 0.717) is 6.42 Å². The van der Waals surface area contributed by atoms with Crippen molar-refractivity contribution in [3.63, 3.8) is 0 Å². The van der Waals surface area contributed by atoms with Crippen molar-refractivity contribution in [3.05, 3.63) is 0 Å². The first-order valence-corrected chi connectivity index (χ1v) is 6.79. The molecule has 1 aliphatic heterocycles. The molecular formula is C8H14ClFO4S. The van der Waals surface area contributed by atoms with Crippen LogP contribution in [0.25, 0.3) is 0 Å². The van der Waals surface area contributed by atoms with Gasteiger partial charge in [0.05, 0.1) is 12.4 Å². The second-order valence-electron chi connectivity index (χ2n) is 3.68. The van der Waals surface area contributed by atoms with Crippen molar-refractivity contribution >= 4 is 21.7 Å². The fourth-order valence-electron chi connectivity index (χ4n) is 1.53. The molecule has 0 aromatic rings. The van der Waals surface area contributed by atoms with E-state index in [-0.39, 0.29) is 0 Å². The van der Waals surface area contributed by atoms with Gasteiger partial charge in [0, 0.05) is 5.92 Å². The number of ether oxygens (including phenoxy) is 1. The maximum atomic E-state index is 13.9. The van der Waals surface area contributed by atoms with Crippen molar-refractivity contribution in [3.8, 4) is 0 Å². The molecule has 1 saturated heterocycles. The first-order chi connectivity index (χ1) is 6.68. The van der Waals surface area contributed by atoms with Crippen molar-refractivity contribution < 1.29 is 21.7 Å². The third kappa shape index (κ3) is 2.81. The number of hydrogen-bond donors (Lipinski definition) is 0. The molecular weight excluding hydrogens is 247 g/mol. The Hall–Kier alpha value is 0.0900. The molecule has 0 amide bonds. The summed E-state index contributed by atoms with van der Waals surface area (Å²) in [6, 6.07) is 0. The SMILES string of the molecule is CC[C@H]1OC(OS(C)(=O)=O)[C@@](F)(Cl)[C@@H]1C. The lowest BCUT2D eigenvalue weighted by Gasteiger charge is -2.20. The standard InChI is InChI=1S/C8H14ClFO4S/c1-4-6-5(2)8(9,10)7(13-6)14-15(3,11)12/h5-7H,4H2,1-3H3/t5-,6-,7?,8-/m1/s1. The molecule has 15 heavy (non-hydrogen) atoms. The van der Waals surface area contributed by atoms with Crippen molar-refractivity contribution in [1.82, 2.24) is 0 Å². The van der Waals surface area contributed by atoms with Gasteiger partial charge in [0.15, 0.2) is 0 Å². The molecule has 1 aliphatic rings. The van der Waals surface area contributed by atoms with Crippen LogP contribution in [0.5, 0.6) is 0 Å². The monoisotopic (exact) mass is 260 g/mol. The molecule has 0 aliphatic carbocycles. The van der Waals surface area contributed by atoms with Gasteiger partial charge in [0.1, 0.15) is 0 Å². The number of rotatable bonds is 3. The summed E-state index contributed by atoms with van der Waals surface area (Å²) in [4.78, 5) is 0. The summed E-state index contributed by atoms with van der Waals surface area (Å²) in [6.45, 7) is 3.36. The molecule has 0 N–H and O–H groups in total. The summed E-state index contributed by atoms with van der Waals surface area (Å²) < 4.78 is 45.2. The van der Waals surface area contributed by atoms with Gasteiger partial charge in [0.25, 0.3) is 10.1 Å². The molecule has 7 heteroatoms. The molecule has 0 bridgehead atoms. The molecule has 1 heterocycles. The quantitative estimate of drug-likeness (QED) is 0.572. The lowest BCUT2D eigenvalue weighted by atomic mass is 10.00. The van der Waals surface area contributed by atoms with Crippen molar-refractivity contribution in [2.45, 2.75) is 37.8 Å². The molecule has 0 aromatic heterocycles. The Kier molecular flexibility index (Phi) is 3.65. The molecule has 0 saturated carbocycles. The Balaban J connectivity index is 2.84. The first-order valence-electron chi connectivity index (χ1n) is 4.60. The van der Waals surface area contributed by atoms with E-state index in [1.54, 1.807) is 13.8 Å². The van der Waals surface area contributed by atoms with E-state index in [9.17, 15) is 12.8 Å². The van der Waals surface area contributed by atoms with Crippen LogP contribution in [0, 0.1) is 5.92 Å². The zero-order valence-electron chi connectivity index (χ0n) is 8.74. The Morgan fingerprint density at radius 3 is 2.47 bits per heavy atom. The van der Waals surface area contributed by atoms with E-state index in [2.05, 4.69) is 4.18 Å². The molecule has 0 radical (unpaired) electrons. The van der Waals surface area contributed by atoms with Crippen LogP contribution in [-0.4, -0.2) is 32.2 Å². The summed E-state index contributed by atoms with van der Waals surface area (Å²) in [7, 11) is -3.78. The van der Waals surface area contributed by atoms with Gasteiger partial charge in [-0.3, -0.25) is 0 Å². The van der Waals surface area contributed by atoms with Crippen molar-refractivity contribution in [1.29, 1.82) is 0 Å². The van der Waals surface area contributed by atoms with Gasteiger partial charge < -0.3 is 4.74 Å². The predicted molar refractivity (Wildman–Crippen MR) is 53.7 cm³/mol. The number of hydrogen-bond acceptors (Lipinski definition) is 4. The highest BCUT2D eigenvalue weighted by Crippen LogP contribution is 2.44. The van der Waals surface area contributed by atoms with Crippen molar-refractivity contribution in [2.24, 2.45) is 5.92 Å². The maximum absolute atomic E-state index is 13.9. The summed E-state index contributed by atoms with van der Waals surface area (Å²) >= 11 is 5.58. The molecule has 1 fully saturated rings. The molecule has 4 nitrogen and oxygen atoms in total. The van der Waals surface area contributed by atoms with Crippen LogP contribution < -0.4 is 0 Å². The first kappa shape index (κ1) is 13.2. The summed E-state index contributed by atoms with van der Waals surface area (Å²) in [5, 5.41) is -2.30. The van der Waals surface area contributed by atoms with Gasteiger partial charge >= 0.3 is 0 Å². The fraction of sp³-hybridized carbons (Fsp3) is 1.00. The molecule has 90 valence electrons. The van der Waals surface area contributed by atoms with Crippen LogP contribution in [0.4, 0.5) is 4.39 Å². The third-order valence-electron chi connectivity index (χ3n) is 2.44. The van der Waals surface area contributed by atoms with Crippen LogP contribution in [0.15, 0.2) is 0 Å². The van der Waals surface area contributed by atoms with Crippen molar-refractivity contribution in [2.75, 3.05) is 6.26 Å². The second kappa shape index (κ2) is 4.16. The van der Waals surface area contributed by atoms with Gasteiger partial charge in [-0.25, -0.2) is 8.57 Å². The largest absolute Gasteiger partial charge is 0.344 e. The normalized spacial score (nSPS) is 42.1. The highest BCUT2D eigenvalue weighted by Gasteiger charge is 2.55. The Morgan fingerprint density at radius 1 is 1.60 bits per heavy atom. The lowest BCUT2D eigenvalue weighted by molar-refractivity contribution is -0.0998. The van der Waals surface area contributed by atoms with Gasteiger partial charge in [-0.2, -0.15) is 8.42 Å². The third-order valence-corrected chi connectivity index (χ3v) is 3.49. The van der Waals surface area contributed by atoms with E-state index in [0.717, 1.165) is 6.26 Å². The van der Waals surface area contributed by atoms with Crippen LogP contribution in [-0.2, 0) is 19.0 Å². The smallest absolute Gasteiger partial charge is 0.267 e. The Bertz CT molecular complexity index is 330. The zero-order chi connectivity index (χ0) is 11.9. The number of alkyl halides is 2. The van der Waals surface area contributed by atoms with Crippen LogP contribution in [0.3, 0.4) is 0 Å². The average molecular weight is 261 g/mol. The Morgan fingerprint density at radius 2 is 2.13 bits per heavy atom. The summed E-state index contributed by atoms with van der Waals surface area (Å²) in [6.07, 6.45) is -0.621. The van der Waals surface area contributed by atoms with E-state index in [4.69, 9.17) is 16.3 Å². The minimum atomic E-state index is -3.78. The average Bonchev–Trinajstić information content (AvgIpc) is 2.26. The fourth-order valence-corrected chi connectivity index (χ4v) is 2.32.